The SMILES string of the molecule is CC1(C)OC[C@@H]([C@H](O)C(=O)O)O1. The van der Waals surface area contributed by atoms with Crippen LogP contribution in [0.1, 0.15) is 13.8 Å². The minimum absolute atomic E-state index is 0.112. The summed E-state index contributed by atoms with van der Waals surface area (Å²) in [6.45, 7) is 3.45. The molecule has 70 valence electrons. The van der Waals surface area contributed by atoms with Crippen LogP contribution >= 0.6 is 0 Å². The Bertz CT molecular complexity index is 188. The zero-order valence-corrected chi connectivity index (χ0v) is 6.98. The van der Waals surface area contributed by atoms with Gasteiger partial charge >= 0.3 is 5.97 Å². The molecular formula is C7H12O5. The molecule has 0 bridgehead atoms. The Morgan fingerprint density at radius 3 is 2.58 bits per heavy atom. The van der Waals surface area contributed by atoms with Crippen LogP contribution in [0.4, 0.5) is 0 Å². The van der Waals surface area contributed by atoms with Gasteiger partial charge in [0.25, 0.3) is 0 Å². The lowest BCUT2D eigenvalue weighted by Crippen LogP contribution is -2.36. The zero-order valence-electron chi connectivity index (χ0n) is 6.98. The monoisotopic (exact) mass is 176 g/mol. The number of carboxylic acid groups (broad SMARTS) is 1. The molecule has 1 heterocycles. The third kappa shape index (κ3) is 1.94. The predicted octanol–water partition coefficient (Wildman–Crippen LogP) is -0.417. The molecule has 1 rings (SSSR count). The molecule has 1 saturated heterocycles. The minimum Gasteiger partial charge on any atom is -0.479 e. The highest BCUT2D eigenvalue weighted by Gasteiger charge is 2.39. The fourth-order valence-electron chi connectivity index (χ4n) is 1.03. The molecule has 2 N–H and O–H groups in total. The number of hydrogen-bond donors (Lipinski definition) is 2. The first kappa shape index (κ1) is 9.44. The van der Waals surface area contributed by atoms with Gasteiger partial charge in [0.2, 0.25) is 0 Å². The molecule has 0 aliphatic carbocycles. The van der Waals surface area contributed by atoms with E-state index < -0.39 is 24.0 Å². The van der Waals surface area contributed by atoms with E-state index in [1.165, 1.54) is 0 Å². The van der Waals surface area contributed by atoms with E-state index in [4.69, 9.17) is 19.7 Å². The van der Waals surface area contributed by atoms with E-state index >= 15 is 0 Å². The summed E-state index contributed by atoms with van der Waals surface area (Å²) >= 11 is 0. The lowest BCUT2D eigenvalue weighted by Gasteiger charge is -2.18. The van der Waals surface area contributed by atoms with Crippen molar-refractivity contribution in [2.45, 2.75) is 31.8 Å². The van der Waals surface area contributed by atoms with E-state index in [2.05, 4.69) is 0 Å². The van der Waals surface area contributed by atoms with Crippen LogP contribution < -0.4 is 0 Å². The molecule has 0 aromatic rings. The highest BCUT2D eigenvalue weighted by Crippen LogP contribution is 2.24. The number of carbonyl (C=O) groups is 1. The third-order valence-electron chi connectivity index (χ3n) is 1.64. The van der Waals surface area contributed by atoms with Crippen molar-refractivity contribution in [1.82, 2.24) is 0 Å². The Morgan fingerprint density at radius 2 is 2.25 bits per heavy atom. The summed E-state index contributed by atoms with van der Waals surface area (Å²) in [6.07, 6.45) is -2.27. The number of aliphatic carboxylic acids is 1. The van der Waals surface area contributed by atoms with Gasteiger partial charge in [-0.2, -0.15) is 0 Å². The highest BCUT2D eigenvalue weighted by atomic mass is 16.7. The molecule has 0 aromatic carbocycles. The molecular weight excluding hydrogens is 164 g/mol. The fraction of sp³-hybridized carbons (Fsp3) is 0.857. The molecule has 1 aliphatic heterocycles. The molecule has 0 radical (unpaired) electrons. The summed E-state index contributed by atoms with van der Waals surface area (Å²) < 4.78 is 10.2. The second-order valence-corrected chi connectivity index (χ2v) is 3.15. The van der Waals surface area contributed by atoms with Gasteiger partial charge in [0.05, 0.1) is 6.61 Å². The molecule has 0 saturated carbocycles. The van der Waals surface area contributed by atoms with Crippen molar-refractivity contribution in [2.24, 2.45) is 0 Å². The van der Waals surface area contributed by atoms with E-state index in [9.17, 15) is 4.79 Å². The van der Waals surface area contributed by atoms with Crippen molar-refractivity contribution >= 4 is 5.97 Å². The van der Waals surface area contributed by atoms with Crippen LogP contribution in [-0.2, 0) is 14.3 Å². The van der Waals surface area contributed by atoms with Crippen molar-refractivity contribution in [3.63, 3.8) is 0 Å². The summed E-state index contributed by atoms with van der Waals surface area (Å²) in [5, 5.41) is 17.5. The van der Waals surface area contributed by atoms with Gasteiger partial charge in [-0.15, -0.1) is 0 Å². The predicted molar refractivity (Wildman–Crippen MR) is 38.5 cm³/mol. The lowest BCUT2D eigenvalue weighted by atomic mass is 10.2. The maximum atomic E-state index is 10.3. The Kier molecular flexibility index (Phi) is 2.36. The highest BCUT2D eigenvalue weighted by molar-refractivity contribution is 5.72. The number of aliphatic hydroxyl groups excluding tert-OH is 1. The largest absolute Gasteiger partial charge is 0.479 e. The van der Waals surface area contributed by atoms with E-state index in [0.29, 0.717) is 0 Å². The summed E-state index contributed by atoms with van der Waals surface area (Å²) in [5.41, 5.74) is 0. The van der Waals surface area contributed by atoms with Gasteiger partial charge in [0.1, 0.15) is 6.10 Å². The van der Waals surface area contributed by atoms with Crippen LogP contribution in [0.5, 0.6) is 0 Å². The average molecular weight is 176 g/mol. The number of rotatable bonds is 2. The lowest BCUT2D eigenvalue weighted by molar-refractivity contribution is -0.168. The second-order valence-electron chi connectivity index (χ2n) is 3.15. The van der Waals surface area contributed by atoms with E-state index in [1.807, 2.05) is 0 Å². The molecule has 1 aliphatic rings. The van der Waals surface area contributed by atoms with Crippen LogP contribution in [0.2, 0.25) is 0 Å². The second kappa shape index (κ2) is 3.01. The Morgan fingerprint density at radius 1 is 1.67 bits per heavy atom. The molecule has 0 spiro atoms. The molecule has 2 atom stereocenters. The summed E-state index contributed by atoms with van der Waals surface area (Å²) in [4.78, 5) is 10.3. The third-order valence-corrected chi connectivity index (χ3v) is 1.64. The number of ether oxygens (including phenoxy) is 2. The summed E-state index contributed by atoms with van der Waals surface area (Å²) in [5.74, 6) is -2.08. The first-order valence-electron chi connectivity index (χ1n) is 3.65. The molecule has 0 unspecified atom stereocenters. The standard InChI is InChI=1S/C7H12O5/c1-7(2)11-3-4(12-7)5(8)6(9)10/h4-5,8H,3H2,1-2H3,(H,9,10)/t4-,5-/m0/s1. The first-order valence-corrected chi connectivity index (χ1v) is 3.65. The maximum absolute atomic E-state index is 10.3. The van der Waals surface area contributed by atoms with Crippen molar-refractivity contribution < 1.29 is 24.5 Å². The van der Waals surface area contributed by atoms with Gasteiger partial charge in [-0.3, -0.25) is 0 Å². The van der Waals surface area contributed by atoms with Crippen LogP contribution in [-0.4, -0.2) is 40.8 Å². The van der Waals surface area contributed by atoms with Crippen molar-refractivity contribution in [3.05, 3.63) is 0 Å². The van der Waals surface area contributed by atoms with Crippen LogP contribution in [0, 0.1) is 0 Å². The van der Waals surface area contributed by atoms with Crippen LogP contribution in [0.25, 0.3) is 0 Å². The Hall–Kier alpha value is -0.650. The van der Waals surface area contributed by atoms with Crippen molar-refractivity contribution in [2.75, 3.05) is 6.61 Å². The topological polar surface area (TPSA) is 76.0 Å². The molecule has 5 nitrogen and oxygen atoms in total. The molecule has 1 fully saturated rings. The van der Waals surface area contributed by atoms with E-state index in [0.717, 1.165) is 0 Å². The minimum atomic E-state index is -1.51. The molecule has 0 aromatic heterocycles. The number of aliphatic hydroxyl groups is 1. The van der Waals surface area contributed by atoms with Crippen LogP contribution in [0.15, 0.2) is 0 Å². The van der Waals surface area contributed by atoms with Crippen molar-refractivity contribution in [3.8, 4) is 0 Å². The number of carboxylic acids is 1. The van der Waals surface area contributed by atoms with Gasteiger partial charge in [-0.05, 0) is 13.8 Å². The van der Waals surface area contributed by atoms with E-state index in [-0.39, 0.29) is 6.61 Å². The zero-order chi connectivity index (χ0) is 9.35. The molecule has 5 heteroatoms. The van der Waals surface area contributed by atoms with Gasteiger partial charge in [-0.25, -0.2) is 4.79 Å². The van der Waals surface area contributed by atoms with Gasteiger partial charge in [-0.1, -0.05) is 0 Å². The Balaban J connectivity index is 2.52. The van der Waals surface area contributed by atoms with Gasteiger partial charge in [0.15, 0.2) is 11.9 Å². The summed E-state index contributed by atoms with van der Waals surface area (Å²) in [7, 11) is 0. The molecule has 0 amide bonds. The Labute approximate surface area is 69.9 Å². The number of hydrogen-bond acceptors (Lipinski definition) is 4. The summed E-state index contributed by atoms with van der Waals surface area (Å²) in [6, 6.07) is 0. The first-order chi connectivity index (χ1) is 5.42. The molecule has 12 heavy (non-hydrogen) atoms. The fourth-order valence-corrected chi connectivity index (χ4v) is 1.03. The van der Waals surface area contributed by atoms with Crippen molar-refractivity contribution in [1.29, 1.82) is 0 Å². The van der Waals surface area contributed by atoms with E-state index in [1.54, 1.807) is 13.8 Å². The average Bonchev–Trinajstić information content (AvgIpc) is 2.28. The normalized spacial score (nSPS) is 30.1. The smallest absolute Gasteiger partial charge is 0.335 e. The van der Waals surface area contributed by atoms with Crippen LogP contribution in [0.3, 0.4) is 0 Å². The quantitative estimate of drug-likeness (QED) is 0.597. The van der Waals surface area contributed by atoms with Gasteiger partial charge < -0.3 is 19.7 Å². The maximum Gasteiger partial charge on any atom is 0.335 e. The van der Waals surface area contributed by atoms with Gasteiger partial charge in [0, 0.05) is 0 Å².